The standard InChI is InChI=1S/C15H26N4O2S2/c1-5-12-9-17-13(22-12)10-18-14(16-6-2)19-7-8-23(20,21)15(3,4)11-19/h9H,5-8,10-11H2,1-4H3,(H,16,18). The van der Waals surface area contributed by atoms with Crippen molar-refractivity contribution in [1.82, 2.24) is 15.2 Å². The van der Waals surface area contributed by atoms with E-state index in [-0.39, 0.29) is 5.75 Å². The van der Waals surface area contributed by atoms with Gasteiger partial charge in [-0.15, -0.1) is 11.3 Å². The molecule has 0 saturated carbocycles. The number of nitrogens with one attached hydrogen (secondary N) is 1. The molecular weight excluding hydrogens is 332 g/mol. The second kappa shape index (κ2) is 7.17. The minimum atomic E-state index is -3.04. The molecule has 0 aliphatic carbocycles. The van der Waals surface area contributed by atoms with Crippen LogP contribution in [0.15, 0.2) is 11.2 Å². The van der Waals surface area contributed by atoms with Crippen LogP contribution in [0.2, 0.25) is 0 Å². The van der Waals surface area contributed by atoms with Gasteiger partial charge in [0.25, 0.3) is 0 Å². The number of hydrogen-bond donors (Lipinski definition) is 1. The lowest BCUT2D eigenvalue weighted by Gasteiger charge is -2.39. The van der Waals surface area contributed by atoms with Gasteiger partial charge in [-0.25, -0.2) is 18.4 Å². The predicted octanol–water partition coefficient (Wildman–Crippen LogP) is 1.68. The lowest BCUT2D eigenvalue weighted by atomic mass is 10.2. The highest BCUT2D eigenvalue weighted by atomic mass is 32.2. The minimum absolute atomic E-state index is 0.168. The quantitative estimate of drug-likeness (QED) is 0.655. The Hall–Kier alpha value is -1.15. The van der Waals surface area contributed by atoms with Gasteiger partial charge in [-0.3, -0.25) is 0 Å². The smallest absolute Gasteiger partial charge is 0.194 e. The van der Waals surface area contributed by atoms with E-state index >= 15 is 0 Å². The molecule has 1 aromatic heterocycles. The summed E-state index contributed by atoms with van der Waals surface area (Å²) in [6.45, 7) is 9.91. The molecule has 0 amide bonds. The number of aromatic nitrogens is 1. The Morgan fingerprint density at radius 2 is 2.22 bits per heavy atom. The molecule has 130 valence electrons. The molecule has 0 atom stereocenters. The second-order valence-corrected chi connectivity index (χ2v) is 10.2. The highest BCUT2D eigenvalue weighted by Gasteiger charge is 2.40. The van der Waals surface area contributed by atoms with E-state index in [1.807, 2.05) is 18.0 Å². The summed E-state index contributed by atoms with van der Waals surface area (Å²) in [5, 5.41) is 4.25. The Morgan fingerprint density at radius 3 is 2.78 bits per heavy atom. The molecule has 0 aromatic carbocycles. The maximum Gasteiger partial charge on any atom is 0.194 e. The topological polar surface area (TPSA) is 74.7 Å². The van der Waals surface area contributed by atoms with Crippen LogP contribution in [0.5, 0.6) is 0 Å². The van der Waals surface area contributed by atoms with Crippen LogP contribution in [-0.2, 0) is 22.8 Å². The van der Waals surface area contributed by atoms with Crippen molar-refractivity contribution in [3.8, 4) is 0 Å². The summed E-state index contributed by atoms with van der Waals surface area (Å²) in [4.78, 5) is 12.3. The molecule has 0 bridgehead atoms. The van der Waals surface area contributed by atoms with Gasteiger partial charge in [0, 0.05) is 30.7 Å². The fourth-order valence-corrected chi connectivity index (χ4v) is 4.63. The fourth-order valence-electron chi connectivity index (χ4n) is 2.48. The summed E-state index contributed by atoms with van der Waals surface area (Å²) in [6, 6.07) is 0. The van der Waals surface area contributed by atoms with Crippen molar-refractivity contribution in [3.05, 3.63) is 16.1 Å². The third kappa shape index (κ3) is 4.23. The van der Waals surface area contributed by atoms with E-state index in [1.165, 1.54) is 4.88 Å². The fraction of sp³-hybridized carbons (Fsp3) is 0.733. The van der Waals surface area contributed by atoms with Gasteiger partial charge in [-0.1, -0.05) is 6.92 Å². The molecule has 2 heterocycles. The Morgan fingerprint density at radius 1 is 1.48 bits per heavy atom. The first-order valence-corrected chi connectivity index (χ1v) is 10.4. The molecule has 0 spiro atoms. The summed E-state index contributed by atoms with van der Waals surface area (Å²) in [7, 11) is -3.04. The Balaban J connectivity index is 2.13. The zero-order chi connectivity index (χ0) is 17.1. The van der Waals surface area contributed by atoms with Gasteiger partial charge < -0.3 is 10.2 Å². The van der Waals surface area contributed by atoms with E-state index in [9.17, 15) is 8.42 Å². The molecule has 0 unspecified atom stereocenters. The summed E-state index contributed by atoms with van der Waals surface area (Å²) < 4.78 is 23.5. The summed E-state index contributed by atoms with van der Waals surface area (Å²) >= 11 is 1.68. The summed E-state index contributed by atoms with van der Waals surface area (Å²) in [5.74, 6) is 0.936. The van der Waals surface area contributed by atoms with Gasteiger partial charge >= 0.3 is 0 Å². The van der Waals surface area contributed by atoms with Crippen molar-refractivity contribution < 1.29 is 8.42 Å². The molecule has 23 heavy (non-hydrogen) atoms. The first-order valence-electron chi connectivity index (χ1n) is 7.98. The van der Waals surface area contributed by atoms with Crippen LogP contribution in [0, 0.1) is 0 Å². The predicted molar refractivity (Wildman–Crippen MR) is 95.7 cm³/mol. The van der Waals surface area contributed by atoms with Crippen molar-refractivity contribution in [2.45, 2.75) is 45.4 Å². The maximum atomic E-state index is 12.1. The SMILES string of the molecule is CCNC(=NCc1ncc(CC)s1)N1CCS(=O)(=O)C(C)(C)C1. The average molecular weight is 359 g/mol. The number of guanidine groups is 1. The largest absolute Gasteiger partial charge is 0.357 e. The lowest BCUT2D eigenvalue weighted by molar-refractivity contribution is 0.353. The second-order valence-electron chi connectivity index (χ2n) is 6.24. The number of hydrogen-bond acceptors (Lipinski definition) is 5. The van der Waals surface area contributed by atoms with Crippen LogP contribution in [0.25, 0.3) is 0 Å². The van der Waals surface area contributed by atoms with E-state index in [1.54, 1.807) is 25.2 Å². The van der Waals surface area contributed by atoms with Crippen LogP contribution in [0.3, 0.4) is 0 Å². The van der Waals surface area contributed by atoms with E-state index in [0.29, 0.717) is 19.6 Å². The zero-order valence-electron chi connectivity index (χ0n) is 14.3. The average Bonchev–Trinajstić information content (AvgIpc) is 2.94. The lowest BCUT2D eigenvalue weighted by Crippen LogP contribution is -2.57. The monoisotopic (exact) mass is 358 g/mol. The molecule has 8 heteroatoms. The van der Waals surface area contributed by atoms with Crippen molar-refractivity contribution in [3.63, 3.8) is 0 Å². The number of thiazole rings is 1. The van der Waals surface area contributed by atoms with Gasteiger partial charge in [0.2, 0.25) is 0 Å². The third-order valence-electron chi connectivity index (χ3n) is 3.99. The van der Waals surface area contributed by atoms with Gasteiger partial charge in [-0.2, -0.15) is 0 Å². The van der Waals surface area contributed by atoms with Crippen LogP contribution >= 0.6 is 11.3 Å². The first-order chi connectivity index (χ1) is 10.8. The van der Waals surface area contributed by atoms with Crippen LogP contribution in [0.1, 0.15) is 37.6 Å². The van der Waals surface area contributed by atoms with Crippen molar-refractivity contribution >= 4 is 27.1 Å². The van der Waals surface area contributed by atoms with Crippen molar-refractivity contribution in [1.29, 1.82) is 0 Å². The molecule has 1 fully saturated rings. The van der Waals surface area contributed by atoms with Gasteiger partial charge in [0.05, 0.1) is 17.0 Å². The van der Waals surface area contributed by atoms with Crippen LogP contribution < -0.4 is 5.32 Å². The number of aryl methyl sites for hydroxylation is 1. The van der Waals surface area contributed by atoms with Crippen LogP contribution in [0.4, 0.5) is 0 Å². The molecule has 1 saturated heterocycles. The van der Waals surface area contributed by atoms with Crippen LogP contribution in [-0.4, -0.2) is 54.4 Å². The van der Waals surface area contributed by atoms with E-state index < -0.39 is 14.6 Å². The Kier molecular flexibility index (Phi) is 5.67. The Bertz CT molecular complexity index is 665. The molecule has 1 aliphatic rings. The highest BCUT2D eigenvalue weighted by Crippen LogP contribution is 2.24. The highest BCUT2D eigenvalue weighted by molar-refractivity contribution is 7.92. The molecule has 1 aliphatic heterocycles. The van der Waals surface area contributed by atoms with E-state index in [0.717, 1.165) is 23.9 Å². The number of sulfone groups is 1. The Labute approximate surface area is 142 Å². The van der Waals surface area contributed by atoms with E-state index in [2.05, 4.69) is 22.2 Å². The number of nitrogens with zero attached hydrogens (tertiary/aromatic N) is 3. The van der Waals surface area contributed by atoms with Gasteiger partial charge in [0.15, 0.2) is 15.8 Å². The minimum Gasteiger partial charge on any atom is -0.357 e. The third-order valence-corrected chi connectivity index (χ3v) is 7.65. The first kappa shape index (κ1) is 18.2. The number of rotatable bonds is 4. The molecule has 2 rings (SSSR count). The van der Waals surface area contributed by atoms with Crippen molar-refractivity contribution in [2.75, 3.05) is 25.4 Å². The molecule has 6 nitrogen and oxygen atoms in total. The van der Waals surface area contributed by atoms with E-state index in [4.69, 9.17) is 0 Å². The zero-order valence-corrected chi connectivity index (χ0v) is 15.9. The summed E-state index contributed by atoms with van der Waals surface area (Å²) in [6.07, 6.45) is 2.89. The molecule has 1 N–H and O–H groups in total. The van der Waals surface area contributed by atoms with Crippen molar-refractivity contribution in [2.24, 2.45) is 4.99 Å². The normalized spacial score (nSPS) is 20.5. The number of aliphatic imine (C=N–C) groups is 1. The molecule has 1 aromatic rings. The van der Waals surface area contributed by atoms with Gasteiger partial charge in [-0.05, 0) is 27.2 Å². The van der Waals surface area contributed by atoms with Gasteiger partial charge in [0.1, 0.15) is 5.01 Å². The maximum absolute atomic E-state index is 12.1. The summed E-state index contributed by atoms with van der Waals surface area (Å²) in [5.41, 5.74) is 0. The molecule has 0 radical (unpaired) electrons. The molecular formula is C15H26N4O2S2.